The van der Waals surface area contributed by atoms with Crippen molar-refractivity contribution in [3.05, 3.63) is 59.7 Å². The number of amides is 3. The molecule has 6 nitrogen and oxygen atoms in total. The Balaban J connectivity index is 1.43. The Morgan fingerprint density at radius 1 is 0.962 bits per heavy atom. The molecule has 0 bridgehead atoms. The van der Waals surface area contributed by atoms with Gasteiger partial charge in [0.1, 0.15) is 5.75 Å². The van der Waals surface area contributed by atoms with E-state index in [-0.39, 0.29) is 24.0 Å². The number of ether oxygens (including phenoxy) is 1. The summed E-state index contributed by atoms with van der Waals surface area (Å²) in [4.78, 5) is 24.5. The molecule has 1 fully saturated rings. The van der Waals surface area contributed by atoms with E-state index >= 15 is 0 Å². The second-order valence-corrected chi connectivity index (χ2v) is 6.65. The molecule has 26 heavy (non-hydrogen) atoms. The number of carbonyl (C=O) groups is 2. The molecule has 4 rings (SSSR count). The summed E-state index contributed by atoms with van der Waals surface area (Å²) in [6.07, 6.45) is 2.79. The monoisotopic (exact) mass is 351 g/mol. The third kappa shape index (κ3) is 3.79. The summed E-state index contributed by atoms with van der Waals surface area (Å²) in [6.45, 7) is 0.574. The van der Waals surface area contributed by atoms with Crippen molar-refractivity contribution in [1.29, 1.82) is 0 Å². The Kier molecular flexibility index (Phi) is 4.48. The van der Waals surface area contributed by atoms with Gasteiger partial charge in [0.25, 0.3) is 5.91 Å². The van der Waals surface area contributed by atoms with Crippen LogP contribution in [0.15, 0.2) is 48.5 Å². The van der Waals surface area contributed by atoms with Crippen molar-refractivity contribution in [2.75, 3.05) is 11.9 Å². The molecule has 1 aliphatic carbocycles. The largest absolute Gasteiger partial charge is 0.493 e. The zero-order valence-corrected chi connectivity index (χ0v) is 14.3. The number of para-hydroxylation sites is 1. The van der Waals surface area contributed by atoms with E-state index in [4.69, 9.17) is 4.74 Å². The lowest BCUT2D eigenvalue weighted by atomic mass is 10.00. The van der Waals surface area contributed by atoms with Crippen LogP contribution in [0.1, 0.15) is 41.2 Å². The molecular weight excluding hydrogens is 330 g/mol. The van der Waals surface area contributed by atoms with E-state index in [0.717, 1.165) is 30.6 Å². The first kappa shape index (κ1) is 16.4. The SMILES string of the molecule is O=C(Nc1cccc(C(=O)N[C@@H]2CCOc3ccccc32)c1)NC1CC1. The number of hydrogen-bond acceptors (Lipinski definition) is 3. The quantitative estimate of drug-likeness (QED) is 0.791. The first-order valence-corrected chi connectivity index (χ1v) is 8.89. The molecule has 0 aromatic heterocycles. The van der Waals surface area contributed by atoms with Crippen LogP contribution in [0.25, 0.3) is 0 Å². The van der Waals surface area contributed by atoms with Crippen molar-refractivity contribution in [3.8, 4) is 5.75 Å². The van der Waals surface area contributed by atoms with Gasteiger partial charge in [-0.15, -0.1) is 0 Å². The first-order chi connectivity index (χ1) is 12.7. The Morgan fingerprint density at radius 3 is 2.65 bits per heavy atom. The second-order valence-electron chi connectivity index (χ2n) is 6.65. The normalized spacial score (nSPS) is 18.2. The summed E-state index contributed by atoms with van der Waals surface area (Å²) >= 11 is 0. The molecule has 0 saturated heterocycles. The maximum atomic E-state index is 12.7. The number of carbonyl (C=O) groups excluding carboxylic acids is 2. The number of hydrogen-bond donors (Lipinski definition) is 3. The molecule has 3 amide bonds. The van der Waals surface area contributed by atoms with Crippen LogP contribution in [-0.2, 0) is 0 Å². The van der Waals surface area contributed by atoms with Crippen LogP contribution >= 0.6 is 0 Å². The molecule has 0 spiro atoms. The zero-order valence-electron chi connectivity index (χ0n) is 14.3. The molecule has 1 atom stereocenters. The number of benzene rings is 2. The highest BCUT2D eigenvalue weighted by Gasteiger charge is 2.24. The summed E-state index contributed by atoms with van der Waals surface area (Å²) < 4.78 is 5.63. The molecule has 6 heteroatoms. The van der Waals surface area contributed by atoms with Gasteiger partial charge in [-0.3, -0.25) is 4.79 Å². The van der Waals surface area contributed by atoms with Crippen molar-refractivity contribution >= 4 is 17.6 Å². The number of anilines is 1. The van der Waals surface area contributed by atoms with Gasteiger partial charge in [0, 0.05) is 29.3 Å². The summed E-state index contributed by atoms with van der Waals surface area (Å²) in [7, 11) is 0. The van der Waals surface area contributed by atoms with Crippen LogP contribution in [0, 0.1) is 0 Å². The predicted octanol–water partition coefficient (Wildman–Crippen LogP) is 3.22. The molecule has 1 saturated carbocycles. The first-order valence-electron chi connectivity index (χ1n) is 8.89. The molecule has 134 valence electrons. The van der Waals surface area contributed by atoms with Crippen LogP contribution in [0.4, 0.5) is 10.5 Å². The van der Waals surface area contributed by atoms with Gasteiger partial charge >= 0.3 is 6.03 Å². The fraction of sp³-hybridized carbons (Fsp3) is 0.300. The molecule has 2 aromatic rings. The van der Waals surface area contributed by atoms with Gasteiger partial charge in [-0.25, -0.2) is 4.79 Å². The van der Waals surface area contributed by atoms with E-state index in [1.807, 2.05) is 24.3 Å². The van der Waals surface area contributed by atoms with E-state index < -0.39 is 0 Å². The molecule has 0 unspecified atom stereocenters. The molecule has 1 aliphatic heterocycles. The van der Waals surface area contributed by atoms with Gasteiger partial charge in [-0.05, 0) is 37.1 Å². The molecule has 1 heterocycles. The lowest BCUT2D eigenvalue weighted by Gasteiger charge is -2.26. The van der Waals surface area contributed by atoms with E-state index in [0.29, 0.717) is 17.9 Å². The minimum absolute atomic E-state index is 0.0813. The topological polar surface area (TPSA) is 79.5 Å². The lowest BCUT2D eigenvalue weighted by molar-refractivity contribution is 0.0925. The zero-order chi connectivity index (χ0) is 17.9. The van der Waals surface area contributed by atoms with Gasteiger partial charge in [0.15, 0.2) is 0 Å². The van der Waals surface area contributed by atoms with E-state index in [2.05, 4.69) is 16.0 Å². The molecule has 0 radical (unpaired) electrons. The highest BCUT2D eigenvalue weighted by molar-refractivity contribution is 5.97. The maximum Gasteiger partial charge on any atom is 0.319 e. The average molecular weight is 351 g/mol. The van der Waals surface area contributed by atoms with E-state index in [1.165, 1.54) is 0 Å². The summed E-state index contributed by atoms with van der Waals surface area (Å²) in [6, 6.07) is 14.7. The Morgan fingerprint density at radius 2 is 1.81 bits per heavy atom. The lowest BCUT2D eigenvalue weighted by Crippen LogP contribution is -2.32. The van der Waals surface area contributed by atoms with Gasteiger partial charge in [-0.2, -0.15) is 0 Å². The molecular formula is C20H21N3O3. The van der Waals surface area contributed by atoms with Crippen molar-refractivity contribution in [2.45, 2.75) is 31.3 Å². The third-order valence-electron chi connectivity index (χ3n) is 4.56. The fourth-order valence-electron chi connectivity index (χ4n) is 3.05. The summed E-state index contributed by atoms with van der Waals surface area (Å²) in [5, 5.41) is 8.71. The highest BCUT2D eigenvalue weighted by Crippen LogP contribution is 2.31. The Bertz CT molecular complexity index is 833. The van der Waals surface area contributed by atoms with Gasteiger partial charge < -0.3 is 20.7 Å². The van der Waals surface area contributed by atoms with Crippen LogP contribution in [0.2, 0.25) is 0 Å². The van der Waals surface area contributed by atoms with Crippen LogP contribution in [0.5, 0.6) is 5.75 Å². The van der Waals surface area contributed by atoms with Crippen molar-refractivity contribution < 1.29 is 14.3 Å². The van der Waals surface area contributed by atoms with Crippen molar-refractivity contribution in [1.82, 2.24) is 10.6 Å². The number of nitrogens with one attached hydrogen (secondary N) is 3. The van der Waals surface area contributed by atoms with Crippen LogP contribution in [0.3, 0.4) is 0 Å². The molecule has 2 aliphatic rings. The smallest absolute Gasteiger partial charge is 0.319 e. The standard InChI is InChI=1S/C20H21N3O3/c24-19(23-17-10-11-26-18-7-2-1-6-16(17)18)13-4-3-5-15(12-13)22-20(25)21-14-8-9-14/h1-7,12,14,17H,8-11H2,(H,23,24)(H2,21,22,25)/t17-/m1/s1. The van der Waals surface area contributed by atoms with Gasteiger partial charge in [-0.1, -0.05) is 24.3 Å². The highest BCUT2D eigenvalue weighted by atomic mass is 16.5. The Hall–Kier alpha value is -3.02. The number of urea groups is 1. The molecule has 3 N–H and O–H groups in total. The van der Waals surface area contributed by atoms with E-state index in [1.54, 1.807) is 24.3 Å². The number of rotatable bonds is 4. The third-order valence-corrected chi connectivity index (χ3v) is 4.56. The van der Waals surface area contributed by atoms with Crippen LogP contribution in [-0.4, -0.2) is 24.6 Å². The second kappa shape index (κ2) is 7.07. The van der Waals surface area contributed by atoms with Crippen molar-refractivity contribution in [2.24, 2.45) is 0 Å². The minimum atomic E-state index is -0.233. The van der Waals surface area contributed by atoms with Crippen LogP contribution < -0.4 is 20.7 Å². The fourth-order valence-corrected chi connectivity index (χ4v) is 3.05. The minimum Gasteiger partial charge on any atom is -0.493 e. The summed E-state index contributed by atoms with van der Waals surface area (Å²) in [5.74, 6) is 0.647. The summed E-state index contributed by atoms with van der Waals surface area (Å²) in [5.41, 5.74) is 2.10. The predicted molar refractivity (Wildman–Crippen MR) is 98.4 cm³/mol. The molecule has 2 aromatic carbocycles. The van der Waals surface area contributed by atoms with Gasteiger partial charge in [0.05, 0.1) is 12.6 Å². The van der Waals surface area contributed by atoms with Gasteiger partial charge in [0.2, 0.25) is 0 Å². The maximum absolute atomic E-state index is 12.7. The van der Waals surface area contributed by atoms with E-state index in [9.17, 15) is 9.59 Å². The number of fused-ring (bicyclic) bond motifs is 1. The Labute approximate surface area is 151 Å². The average Bonchev–Trinajstić information content (AvgIpc) is 3.46. The van der Waals surface area contributed by atoms with Crippen molar-refractivity contribution in [3.63, 3.8) is 0 Å².